The summed E-state index contributed by atoms with van der Waals surface area (Å²) in [6.07, 6.45) is 7.13. The maximum absolute atomic E-state index is 4.21. The maximum atomic E-state index is 4.21. The number of aryl methyl sites for hydroxylation is 2. The third-order valence-corrected chi connectivity index (χ3v) is 4.11. The zero-order valence-corrected chi connectivity index (χ0v) is 13.4. The summed E-state index contributed by atoms with van der Waals surface area (Å²) >= 11 is 0. The van der Waals surface area contributed by atoms with Gasteiger partial charge in [0.25, 0.3) is 0 Å². The topological polar surface area (TPSA) is 24.9 Å². The number of nitrogens with zero attached hydrogens (tertiary/aromatic N) is 1. The van der Waals surface area contributed by atoms with Crippen LogP contribution in [0.3, 0.4) is 0 Å². The van der Waals surface area contributed by atoms with Crippen molar-refractivity contribution in [1.82, 2.24) is 10.3 Å². The minimum atomic E-state index is 0.421. The average molecular weight is 282 g/mol. The third kappa shape index (κ3) is 4.40. The molecule has 1 aromatic carbocycles. The van der Waals surface area contributed by atoms with Gasteiger partial charge in [0.2, 0.25) is 0 Å². The van der Waals surface area contributed by atoms with Gasteiger partial charge in [-0.2, -0.15) is 0 Å². The Morgan fingerprint density at radius 3 is 2.71 bits per heavy atom. The molecule has 1 aromatic heterocycles. The Bertz CT molecular complexity index is 549. The quantitative estimate of drug-likeness (QED) is 0.815. The van der Waals surface area contributed by atoms with E-state index in [4.69, 9.17) is 0 Å². The Balaban J connectivity index is 2.12. The molecule has 0 saturated carbocycles. The van der Waals surface area contributed by atoms with Crippen LogP contribution in [0, 0.1) is 13.8 Å². The normalized spacial score (nSPS) is 12.3. The van der Waals surface area contributed by atoms with Crippen molar-refractivity contribution in [3.8, 4) is 0 Å². The fourth-order valence-electron chi connectivity index (χ4n) is 2.69. The minimum Gasteiger partial charge on any atom is -0.310 e. The van der Waals surface area contributed by atoms with Crippen LogP contribution in [0.25, 0.3) is 0 Å². The van der Waals surface area contributed by atoms with Crippen LogP contribution in [-0.2, 0) is 6.42 Å². The number of aromatic nitrogens is 1. The van der Waals surface area contributed by atoms with Gasteiger partial charge in [0.05, 0.1) is 0 Å². The number of nitrogens with one attached hydrogen (secondary N) is 1. The summed E-state index contributed by atoms with van der Waals surface area (Å²) < 4.78 is 0. The van der Waals surface area contributed by atoms with Crippen molar-refractivity contribution in [3.05, 3.63) is 65.0 Å². The first-order valence-electron chi connectivity index (χ1n) is 7.90. The fourth-order valence-corrected chi connectivity index (χ4v) is 2.69. The highest BCUT2D eigenvalue weighted by Gasteiger charge is 2.14. The zero-order chi connectivity index (χ0) is 15.1. The molecule has 1 heterocycles. The highest BCUT2D eigenvalue weighted by molar-refractivity contribution is 5.35. The molecule has 0 radical (unpaired) electrons. The predicted octanol–water partition coefficient (Wildman–Crippen LogP) is 4.37. The molecular weight excluding hydrogens is 256 g/mol. The molecule has 0 aliphatic heterocycles. The monoisotopic (exact) mass is 282 g/mol. The Morgan fingerprint density at radius 2 is 2.00 bits per heavy atom. The van der Waals surface area contributed by atoms with Gasteiger partial charge in [-0.05, 0) is 68.0 Å². The summed E-state index contributed by atoms with van der Waals surface area (Å²) in [6.45, 7) is 7.70. The first-order valence-corrected chi connectivity index (χ1v) is 7.90. The molecule has 1 N–H and O–H groups in total. The van der Waals surface area contributed by atoms with Gasteiger partial charge in [-0.3, -0.25) is 4.98 Å². The second-order valence-corrected chi connectivity index (χ2v) is 5.70. The van der Waals surface area contributed by atoms with E-state index in [0.717, 1.165) is 25.8 Å². The Morgan fingerprint density at radius 1 is 1.14 bits per heavy atom. The van der Waals surface area contributed by atoms with Crippen molar-refractivity contribution in [2.24, 2.45) is 0 Å². The number of rotatable bonds is 7. The van der Waals surface area contributed by atoms with Crippen molar-refractivity contribution in [2.75, 3.05) is 6.54 Å². The molecule has 0 bridgehead atoms. The highest BCUT2D eigenvalue weighted by Crippen LogP contribution is 2.24. The molecule has 0 fully saturated rings. The lowest BCUT2D eigenvalue weighted by Gasteiger charge is -2.22. The molecule has 2 aromatic rings. The summed E-state index contributed by atoms with van der Waals surface area (Å²) in [5.74, 6) is 0. The second-order valence-electron chi connectivity index (χ2n) is 5.70. The van der Waals surface area contributed by atoms with Crippen LogP contribution in [-0.4, -0.2) is 11.5 Å². The Labute approximate surface area is 128 Å². The summed E-state index contributed by atoms with van der Waals surface area (Å²) in [4.78, 5) is 4.21. The molecular formula is C19H26N2. The Hall–Kier alpha value is -1.67. The van der Waals surface area contributed by atoms with Crippen molar-refractivity contribution in [2.45, 2.75) is 46.1 Å². The van der Waals surface area contributed by atoms with Gasteiger partial charge in [0.1, 0.15) is 0 Å². The van der Waals surface area contributed by atoms with Crippen LogP contribution >= 0.6 is 0 Å². The zero-order valence-electron chi connectivity index (χ0n) is 13.4. The first-order chi connectivity index (χ1) is 10.2. The van der Waals surface area contributed by atoms with Crippen molar-refractivity contribution >= 4 is 0 Å². The molecule has 1 unspecified atom stereocenters. The van der Waals surface area contributed by atoms with Crippen LogP contribution in [0.5, 0.6) is 0 Å². The number of hydrogen-bond acceptors (Lipinski definition) is 2. The summed E-state index contributed by atoms with van der Waals surface area (Å²) in [7, 11) is 0. The molecule has 0 aliphatic carbocycles. The molecule has 0 amide bonds. The number of pyridine rings is 1. The van der Waals surface area contributed by atoms with Crippen LogP contribution in [0.1, 0.15) is 48.1 Å². The average Bonchev–Trinajstić information content (AvgIpc) is 2.52. The molecule has 2 heteroatoms. The van der Waals surface area contributed by atoms with Gasteiger partial charge in [-0.25, -0.2) is 0 Å². The van der Waals surface area contributed by atoms with E-state index in [1.807, 2.05) is 18.5 Å². The van der Waals surface area contributed by atoms with Crippen LogP contribution in [0.2, 0.25) is 0 Å². The first kappa shape index (κ1) is 15.7. The molecule has 21 heavy (non-hydrogen) atoms. The van der Waals surface area contributed by atoms with Crippen molar-refractivity contribution < 1.29 is 0 Å². The van der Waals surface area contributed by atoms with E-state index in [1.165, 1.54) is 22.3 Å². The smallest absolute Gasteiger partial charge is 0.0326 e. The Kier molecular flexibility index (Phi) is 5.94. The standard InChI is InChI=1S/C19H26N2/c1-4-12-21-19(11-10-17-8-6-13-20-14-17)18-9-5-7-15(2)16(18)3/h5-9,13-14,19,21H,4,10-12H2,1-3H3. The molecule has 0 aliphatic rings. The van der Waals surface area contributed by atoms with Gasteiger partial charge in [-0.15, -0.1) is 0 Å². The second kappa shape index (κ2) is 7.94. The van der Waals surface area contributed by atoms with Crippen LogP contribution in [0.4, 0.5) is 0 Å². The third-order valence-electron chi connectivity index (χ3n) is 4.11. The van der Waals surface area contributed by atoms with Crippen molar-refractivity contribution in [1.29, 1.82) is 0 Å². The van der Waals surface area contributed by atoms with Crippen LogP contribution < -0.4 is 5.32 Å². The van der Waals surface area contributed by atoms with Gasteiger partial charge in [0.15, 0.2) is 0 Å². The minimum absolute atomic E-state index is 0.421. The van der Waals surface area contributed by atoms with E-state index in [2.05, 4.69) is 55.3 Å². The molecule has 0 spiro atoms. The van der Waals surface area contributed by atoms with E-state index in [9.17, 15) is 0 Å². The molecule has 0 saturated heterocycles. The number of benzene rings is 1. The summed E-state index contributed by atoms with van der Waals surface area (Å²) in [5.41, 5.74) is 5.54. The van der Waals surface area contributed by atoms with Crippen molar-refractivity contribution in [3.63, 3.8) is 0 Å². The highest BCUT2D eigenvalue weighted by atomic mass is 14.9. The lowest BCUT2D eigenvalue weighted by atomic mass is 9.93. The SMILES string of the molecule is CCCNC(CCc1cccnc1)c1cccc(C)c1C. The molecule has 2 rings (SSSR count). The van der Waals surface area contributed by atoms with E-state index >= 15 is 0 Å². The summed E-state index contributed by atoms with van der Waals surface area (Å²) in [5, 5.41) is 3.70. The number of hydrogen-bond donors (Lipinski definition) is 1. The maximum Gasteiger partial charge on any atom is 0.0326 e. The predicted molar refractivity (Wildman–Crippen MR) is 89.5 cm³/mol. The van der Waals surface area contributed by atoms with E-state index in [-0.39, 0.29) is 0 Å². The van der Waals surface area contributed by atoms with E-state index in [1.54, 1.807) is 0 Å². The molecule has 1 atom stereocenters. The van der Waals surface area contributed by atoms with Gasteiger partial charge in [-0.1, -0.05) is 31.2 Å². The van der Waals surface area contributed by atoms with Gasteiger partial charge >= 0.3 is 0 Å². The molecule has 2 nitrogen and oxygen atoms in total. The van der Waals surface area contributed by atoms with Crippen LogP contribution in [0.15, 0.2) is 42.7 Å². The van der Waals surface area contributed by atoms with E-state index < -0.39 is 0 Å². The summed E-state index contributed by atoms with van der Waals surface area (Å²) in [6, 6.07) is 11.2. The fraction of sp³-hybridized carbons (Fsp3) is 0.421. The lowest BCUT2D eigenvalue weighted by molar-refractivity contribution is 0.497. The molecule has 112 valence electrons. The largest absolute Gasteiger partial charge is 0.310 e. The van der Waals surface area contributed by atoms with Gasteiger partial charge < -0.3 is 5.32 Å². The van der Waals surface area contributed by atoms with E-state index in [0.29, 0.717) is 6.04 Å². The van der Waals surface area contributed by atoms with Gasteiger partial charge in [0, 0.05) is 18.4 Å². The lowest BCUT2D eigenvalue weighted by Crippen LogP contribution is -2.23.